The maximum atomic E-state index is 12.1. The quantitative estimate of drug-likeness (QED) is 0.782. The molecule has 1 fully saturated rings. The van der Waals surface area contributed by atoms with Crippen molar-refractivity contribution in [3.8, 4) is 0 Å². The van der Waals surface area contributed by atoms with Gasteiger partial charge in [-0.25, -0.2) is 4.98 Å². The highest BCUT2D eigenvalue weighted by molar-refractivity contribution is 8.04. The van der Waals surface area contributed by atoms with Crippen LogP contribution in [0.3, 0.4) is 0 Å². The lowest BCUT2D eigenvalue weighted by Crippen LogP contribution is -2.28. The van der Waals surface area contributed by atoms with Crippen molar-refractivity contribution < 1.29 is 9.59 Å². The van der Waals surface area contributed by atoms with Gasteiger partial charge in [0.2, 0.25) is 5.91 Å². The minimum atomic E-state index is -0.418. The molecule has 1 aliphatic heterocycles. The first-order chi connectivity index (χ1) is 10.3. The van der Waals surface area contributed by atoms with Crippen LogP contribution in [0.1, 0.15) is 33.0 Å². The number of amides is 1. The van der Waals surface area contributed by atoms with Gasteiger partial charge in [-0.05, 0) is 13.3 Å². The summed E-state index contributed by atoms with van der Waals surface area (Å²) >= 11 is 1.45. The molecule has 0 aliphatic carbocycles. The Morgan fingerprint density at radius 2 is 2.14 bits per heavy atom. The van der Waals surface area contributed by atoms with Gasteiger partial charge >= 0.3 is 0 Å². The summed E-state index contributed by atoms with van der Waals surface area (Å²) in [6.45, 7) is 9.08. The van der Waals surface area contributed by atoms with Gasteiger partial charge in [0.15, 0.2) is 5.78 Å². The minimum absolute atomic E-state index is 0.0557. The van der Waals surface area contributed by atoms with Gasteiger partial charge in [0.25, 0.3) is 0 Å². The third-order valence-corrected chi connectivity index (χ3v) is 4.63. The highest BCUT2D eigenvalue weighted by Gasteiger charge is 2.28. The monoisotopic (exact) mass is 321 g/mol. The molecule has 22 heavy (non-hydrogen) atoms. The van der Waals surface area contributed by atoms with Crippen LogP contribution in [0.5, 0.6) is 0 Å². The van der Waals surface area contributed by atoms with Gasteiger partial charge in [-0.2, -0.15) is 0 Å². The van der Waals surface area contributed by atoms with E-state index < -0.39 is 5.41 Å². The summed E-state index contributed by atoms with van der Waals surface area (Å²) in [4.78, 5) is 30.1. The summed E-state index contributed by atoms with van der Waals surface area (Å²) < 4.78 is 2.07. The second-order valence-electron chi connectivity index (χ2n) is 6.45. The number of aromatic nitrogens is 2. The lowest BCUT2D eigenvalue weighted by Gasteiger charge is -2.19. The number of imidazole rings is 1. The van der Waals surface area contributed by atoms with Crippen LogP contribution in [0.15, 0.2) is 23.5 Å². The van der Waals surface area contributed by atoms with E-state index >= 15 is 0 Å². The average molecular weight is 321 g/mol. The van der Waals surface area contributed by atoms with E-state index in [4.69, 9.17) is 0 Å². The summed E-state index contributed by atoms with van der Waals surface area (Å²) in [6.07, 6.45) is 6.18. The first-order valence-corrected chi connectivity index (χ1v) is 8.44. The summed E-state index contributed by atoms with van der Waals surface area (Å²) in [5, 5.41) is 0.785. The van der Waals surface area contributed by atoms with Crippen LogP contribution < -0.4 is 0 Å². The maximum absolute atomic E-state index is 12.1. The molecular formula is C16H23N3O2S. The van der Waals surface area contributed by atoms with Gasteiger partial charge < -0.3 is 9.47 Å². The van der Waals surface area contributed by atoms with Crippen molar-refractivity contribution >= 4 is 23.5 Å². The zero-order valence-corrected chi connectivity index (χ0v) is 14.4. The lowest BCUT2D eigenvalue weighted by atomic mass is 9.91. The molecule has 0 spiro atoms. The van der Waals surface area contributed by atoms with E-state index in [0.29, 0.717) is 12.3 Å². The summed E-state index contributed by atoms with van der Waals surface area (Å²) in [5.74, 6) is 1.54. The topological polar surface area (TPSA) is 55.2 Å². The molecule has 1 aromatic heterocycles. The van der Waals surface area contributed by atoms with Crippen LogP contribution in [0, 0.1) is 12.3 Å². The molecule has 1 aliphatic rings. The molecule has 0 radical (unpaired) electrons. The second-order valence-corrected chi connectivity index (χ2v) is 7.45. The largest absolute Gasteiger partial charge is 0.335 e. The maximum Gasteiger partial charge on any atom is 0.237 e. The fourth-order valence-electron chi connectivity index (χ4n) is 2.14. The Morgan fingerprint density at radius 1 is 1.41 bits per heavy atom. The number of carbonyl (C=O) groups is 2. The zero-order chi connectivity index (χ0) is 16.3. The van der Waals surface area contributed by atoms with Gasteiger partial charge in [0.1, 0.15) is 5.82 Å². The minimum Gasteiger partial charge on any atom is -0.335 e. The van der Waals surface area contributed by atoms with E-state index in [-0.39, 0.29) is 11.7 Å². The van der Waals surface area contributed by atoms with Crippen LogP contribution in [0.2, 0.25) is 0 Å². The Balaban J connectivity index is 1.98. The molecule has 5 nitrogen and oxygen atoms in total. The number of carbonyl (C=O) groups excluding carboxylic acids is 2. The van der Waals surface area contributed by atoms with Crippen molar-refractivity contribution in [3.05, 3.63) is 29.3 Å². The molecule has 2 rings (SSSR count). The van der Waals surface area contributed by atoms with E-state index in [2.05, 4.69) is 9.55 Å². The zero-order valence-electron chi connectivity index (χ0n) is 13.6. The number of nitrogens with zero attached hydrogens (tertiary/aromatic N) is 3. The normalized spacial score (nSPS) is 17.5. The summed E-state index contributed by atoms with van der Waals surface area (Å²) in [5.41, 5.74) is -0.418. The Kier molecular flexibility index (Phi) is 5.11. The van der Waals surface area contributed by atoms with Gasteiger partial charge in [-0.1, -0.05) is 32.5 Å². The van der Waals surface area contributed by atoms with Crippen LogP contribution in [-0.4, -0.2) is 38.4 Å². The summed E-state index contributed by atoms with van der Waals surface area (Å²) in [7, 11) is 0. The summed E-state index contributed by atoms with van der Waals surface area (Å²) in [6, 6.07) is 0. The van der Waals surface area contributed by atoms with Crippen molar-refractivity contribution in [2.24, 2.45) is 5.41 Å². The second kappa shape index (κ2) is 6.69. The Bertz CT molecular complexity index is 599. The van der Waals surface area contributed by atoms with Crippen molar-refractivity contribution in [2.45, 2.75) is 40.7 Å². The van der Waals surface area contributed by atoms with Crippen molar-refractivity contribution in [1.82, 2.24) is 14.5 Å². The van der Waals surface area contributed by atoms with E-state index in [1.165, 1.54) is 11.8 Å². The Labute approximate surface area is 135 Å². The Morgan fingerprint density at radius 3 is 2.73 bits per heavy atom. The van der Waals surface area contributed by atoms with Crippen LogP contribution in [0.25, 0.3) is 0 Å². The number of ketones is 1. The predicted molar refractivity (Wildman–Crippen MR) is 88.3 cm³/mol. The molecule has 1 saturated heterocycles. The molecule has 120 valence electrons. The molecule has 2 heterocycles. The number of aryl methyl sites for hydroxylation is 2. The fraction of sp³-hybridized carbons (Fsp3) is 0.562. The van der Waals surface area contributed by atoms with E-state index in [1.807, 2.05) is 33.9 Å². The number of rotatable bonds is 5. The molecule has 0 bridgehead atoms. The molecule has 0 unspecified atom stereocenters. The predicted octanol–water partition coefficient (Wildman–Crippen LogP) is 2.61. The van der Waals surface area contributed by atoms with E-state index in [9.17, 15) is 9.59 Å². The van der Waals surface area contributed by atoms with E-state index in [1.54, 1.807) is 17.2 Å². The highest BCUT2D eigenvalue weighted by atomic mass is 32.2. The highest BCUT2D eigenvalue weighted by Crippen LogP contribution is 2.30. The van der Waals surface area contributed by atoms with Gasteiger partial charge in [-0.3, -0.25) is 9.59 Å². The smallest absolute Gasteiger partial charge is 0.237 e. The number of thioether (sulfide) groups is 1. The van der Waals surface area contributed by atoms with Crippen LogP contribution in [0.4, 0.5) is 0 Å². The number of allylic oxidation sites excluding steroid dienone is 1. The van der Waals surface area contributed by atoms with Crippen molar-refractivity contribution in [2.75, 3.05) is 12.3 Å². The SMILES string of the molecule is Cc1nccn1CCCN1C(=O)CSC1=CC(=O)C(C)(C)C. The van der Waals surface area contributed by atoms with Crippen molar-refractivity contribution in [1.29, 1.82) is 0 Å². The molecular weight excluding hydrogens is 298 g/mol. The molecule has 0 N–H and O–H groups in total. The third-order valence-electron chi connectivity index (χ3n) is 3.61. The molecule has 1 aromatic rings. The Hall–Kier alpha value is -1.56. The molecule has 0 atom stereocenters. The van der Waals surface area contributed by atoms with E-state index in [0.717, 1.165) is 23.8 Å². The standard InChI is InChI=1S/C16H23N3O2S/c1-12-17-6-9-18(12)7-5-8-19-14(21)11-22-15(19)10-13(20)16(2,3)4/h6,9-10H,5,7-8,11H2,1-4H3. The number of hydrogen-bond acceptors (Lipinski definition) is 4. The molecule has 1 amide bonds. The first-order valence-electron chi connectivity index (χ1n) is 7.46. The molecule has 0 aromatic carbocycles. The average Bonchev–Trinajstić information content (AvgIpc) is 2.98. The molecule has 6 heteroatoms. The fourth-order valence-corrected chi connectivity index (χ4v) is 3.10. The lowest BCUT2D eigenvalue weighted by molar-refractivity contribution is -0.125. The van der Waals surface area contributed by atoms with Gasteiger partial charge in [0.05, 0.1) is 10.8 Å². The van der Waals surface area contributed by atoms with Crippen LogP contribution in [-0.2, 0) is 16.1 Å². The molecule has 0 saturated carbocycles. The van der Waals surface area contributed by atoms with Gasteiger partial charge in [0, 0.05) is 37.0 Å². The number of hydrogen-bond donors (Lipinski definition) is 0. The first kappa shape index (κ1) is 16.8. The van der Waals surface area contributed by atoms with Crippen LogP contribution >= 0.6 is 11.8 Å². The van der Waals surface area contributed by atoms with Crippen molar-refractivity contribution in [3.63, 3.8) is 0 Å². The third kappa shape index (κ3) is 4.00. The van der Waals surface area contributed by atoms with Gasteiger partial charge in [-0.15, -0.1) is 0 Å².